The van der Waals surface area contributed by atoms with E-state index < -0.39 is 0 Å². The standard InChI is InChI=1S/C8H12N4/c1-5-10-6(12-11-5)7-2-8(9,3-7)4-7/h2-4,9H2,1H3,(H,10,11,12). The second kappa shape index (κ2) is 1.57. The Balaban J connectivity index is 1.93. The Bertz CT molecular complexity index is 321. The van der Waals surface area contributed by atoms with Gasteiger partial charge >= 0.3 is 0 Å². The molecule has 1 aromatic rings. The molecule has 0 aromatic carbocycles. The molecule has 64 valence electrons. The molecule has 0 atom stereocenters. The zero-order chi connectivity index (χ0) is 8.40. The zero-order valence-electron chi connectivity index (χ0n) is 7.09. The molecule has 4 heteroatoms. The minimum absolute atomic E-state index is 0.147. The van der Waals surface area contributed by atoms with E-state index in [1.165, 1.54) is 0 Å². The molecule has 1 aromatic heterocycles. The van der Waals surface area contributed by atoms with Crippen molar-refractivity contribution in [2.75, 3.05) is 0 Å². The molecule has 3 N–H and O–H groups in total. The number of aryl methyl sites for hydroxylation is 1. The molecular weight excluding hydrogens is 152 g/mol. The second-order valence-corrected chi connectivity index (χ2v) is 4.42. The summed E-state index contributed by atoms with van der Waals surface area (Å²) in [6, 6.07) is 0. The number of aromatic nitrogens is 3. The number of hydrogen-bond donors (Lipinski definition) is 2. The molecule has 0 radical (unpaired) electrons. The first-order valence-corrected chi connectivity index (χ1v) is 4.30. The zero-order valence-corrected chi connectivity index (χ0v) is 7.09. The Morgan fingerprint density at radius 1 is 1.42 bits per heavy atom. The summed E-state index contributed by atoms with van der Waals surface area (Å²) in [5.74, 6) is 1.88. The van der Waals surface area contributed by atoms with Crippen LogP contribution in [0, 0.1) is 6.92 Å². The monoisotopic (exact) mass is 164 g/mol. The van der Waals surface area contributed by atoms with Crippen molar-refractivity contribution in [3.8, 4) is 0 Å². The third-order valence-corrected chi connectivity index (χ3v) is 3.14. The van der Waals surface area contributed by atoms with Crippen LogP contribution >= 0.6 is 0 Å². The minimum Gasteiger partial charge on any atom is -0.325 e. The van der Waals surface area contributed by atoms with Crippen LogP contribution in [0.5, 0.6) is 0 Å². The van der Waals surface area contributed by atoms with Crippen LogP contribution in [0.2, 0.25) is 0 Å². The summed E-state index contributed by atoms with van der Waals surface area (Å²) in [5.41, 5.74) is 6.36. The van der Waals surface area contributed by atoms with Crippen LogP contribution in [0.1, 0.15) is 30.9 Å². The van der Waals surface area contributed by atoms with Crippen molar-refractivity contribution in [2.24, 2.45) is 5.73 Å². The lowest BCUT2D eigenvalue weighted by atomic mass is 9.39. The van der Waals surface area contributed by atoms with E-state index in [-0.39, 0.29) is 11.0 Å². The van der Waals surface area contributed by atoms with Crippen LogP contribution < -0.4 is 5.73 Å². The summed E-state index contributed by atoms with van der Waals surface area (Å²) in [6.45, 7) is 1.93. The van der Waals surface area contributed by atoms with Gasteiger partial charge in [-0.15, -0.1) is 0 Å². The number of aromatic amines is 1. The van der Waals surface area contributed by atoms with E-state index >= 15 is 0 Å². The maximum absolute atomic E-state index is 5.95. The van der Waals surface area contributed by atoms with Crippen molar-refractivity contribution in [3.05, 3.63) is 11.6 Å². The third-order valence-electron chi connectivity index (χ3n) is 3.14. The van der Waals surface area contributed by atoms with Crippen molar-refractivity contribution in [3.63, 3.8) is 0 Å². The van der Waals surface area contributed by atoms with Crippen LogP contribution in [0.4, 0.5) is 0 Å². The van der Waals surface area contributed by atoms with Crippen molar-refractivity contribution >= 4 is 0 Å². The molecule has 3 aliphatic carbocycles. The molecule has 1 heterocycles. The SMILES string of the molecule is Cc1nc(C23CC(N)(C2)C3)n[nH]1. The molecule has 4 rings (SSSR count). The fourth-order valence-electron chi connectivity index (χ4n) is 2.68. The van der Waals surface area contributed by atoms with Gasteiger partial charge in [0, 0.05) is 11.0 Å². The van der Waals surface area contributed by atoms with Gasteiger partial charge in [0.2, 0.25) is 0 Å². The highest BCUT2D eigenvalue weighted by Crippen LogP contribution is 2.65. The summed E-state index contributed by atoms with van der Waals surface area (Å²) >= 11 is 0. The van der Waals surface area contributed by atoms with Gasteiger partial charge in [0.25, 0.3) is 0 Å². The van der Waals surface area contributed by atoms with Gasteiger partial charge in [0.1, 0.15) is 5.82 Å². The number of rotatable bonds is 1. The smallest absolute Gasteiger partial charge is 0.157 e. The Hall–Kier alpha value is -0.900. The lowest BCUT2D eigenvalue weighted by Crippen LogP contribution is -2.74. The molecule has 0 amide bonds. The van der Waals surface area contributed by atoms with E-state index in [9.17, 15) is 0 Å². The van der Waals surface area contributed by atoms with Crippen molar-refractivity contribution < 1.29 is 0 Å². The molecule has 0 spiro atoms. The van der Waals surface area contributed by atoms with Gasteiger partial charge in [0.15, 0.2) is 5.82 Å². The van der Waals surface area contributed by atoms with Gasteiger partial charge in [-0.2, -0.15) is 5.10 Å². The maximum atomic E-state index is 5.95. The largest absolute Gasteiger partial charge is 0.325 e. The Labute approximate surface area is 70.6 Å². The summed E-state index contributed by atoms with van der Waals surface area (Å²) in [5, 5.41) is 7.07. The van der Waals surface area contributed by atoms with Crippen molar-refractivity contribution in [2.45, 2.75) is 37.1 Å². The van der Waals surface area contributed by atoms with Gasteiger partial charge < -0.3 is 5.73 Å². The lowest BCUT2D eigenvalue weighted by molar-refractivity contribution is -0.0650. The van der Waals surface area contributed by atoms with Crippen LogP contribution in [-0.2, 0) is 5.41 Å². The molecule has 0 aliphatic heterocycles. The predicted molar refractivity (Wildman–Crippen MR) is 43.6 cm³/mol. The normalized spacial score (nSPS) is 43.5. The molecule has 12 heavy (non-hydrogen) atoms. The molecule has 0 saturated heterocycles. The first-order valence-electron chi connectivity index (χ1n) is 4.30. The van der Waals surface area contributed by atoms with E-state index in [1.807, 2.05) is 6.92 Å². The number of nitrogens with one attached hydrogen (secondary N) is 1. The Morgan fingerprint density at radius 3 is 2.50 bits per heavy atom. The van der Waals surface area contributed by atoms with E-state index in [2.05, 4.69) is 15.2 Å². The summed E-state index contributed by atoms with van der Waals surface area (Å²) < 4.78 is 0. The maximum Gasteiger partial charge on any atom is 0.157 e. The predicted octanol–water partition coefficient (Wildman–Crippen LogP) is 0.246. The molecule has 2 bridgehead atoms. The second-order valence-electron chi connectivity index (χ2n) is 4.42. The number of H-pyrrole nitrogens is 1. The van der Waals surface area contributed by atoms with Gasteiger partial charge in [-0.25, -0.2) is 4.98 Å². The summed E-state index contributed by atoms with van der Waals surface area (Å²) in [4.78, 5) is 4.35. The van der Waals surface area contributed by atoms with E-state index in [1.54, 1.807) is 0 Å². The highest BCUT2D eigenvalue weighted by molar-refractivity contribution is 5.34. The van der Waals surface area contributed by atoms with Gasteiger partial charge in [-0.1, -0.05) is 0 Å². The first kappa shape index (κ1) is 6.60. The molecule has 3 aliphatic rings. The molecule has 3 fully saturated rings. The summed E-state index contributed by atoms with van der Waals surface area (Å²) in [6.07, 6.45) is 3.24. The van der Waals surface area contributed by atoms with E-state index in [0.717, 1.165) is 30.9 Å². The minimum atomic E-state index is 0.147. The fourth-order valence-corrected chi connectivity index (χ4v) is 2.68. The average Bonchev–Trinajstić information content (AvgIpc) is 2.26. The van der Waals surface area contributed by atoms with Crippen LogP contribution in [0.25, 0.3) is 0 Å². The van der Waals surface area contributed by atoms with Crippen molar-refractivity contribution in [1.29, 1.82) is 0 Å². The highest BCUT2D eigenvalue weighted by atomic mass is 15.2. The molecule has 4 nitrogen and oxygen atoms in total. The quantitative estimate of drug-likeness (QED) is 0.625. The van der Waals surface area contributed by atoms with Crippen LogP contribution in [-0.4, -0.2) is 20.7 Å². The third kappa shape index (κ3) is 0.579. The Morgan fingerprint density at radius 2 is 2.08 bits per heavy atom. The van der Waals surface area contributed by atoms with Crippen molar-refractivity contribution in [1.82, 2.24) is 15.2 Å². The number of nitrogens with zero attached hydrogens (tertiary/aromatic N) is 2. The fraction of sp³-hybridized carbons (Fsp3) is 0.750. The summed E-state index contributed by atoms with van der Waals surface area (Å²) in [7, 11) is 0. The van der Waals surface area contributed by atoms with Gasteiger partial charge in [-0.05, 0) is 26.2 Å². The lowest BCUT2D eigenvalue weighted by Gasteiger charge is -2.67. The van der Waals surface area contributed by atoms with Crippen LogP contribution in [0.3, 0.4) is 0 Å². The first-order chi connectivity index (χ1) is 5.62. The molecule has 3 saturated carbocycles. The number of nitrogens with two attached hydrogens (primary N) is 1. The van der Waals surface area contributed by atoms with Crippen LogP contribution in [0.15, 0.2) is 0 Å². The average molecular weight is 164 g/mol. The molecular formula is C8H12N4. The number of hydrogen-bond acceptors (Lipinski definition) is 3. The van der Waals surface area contributed by atoms with E-state index in [4.69, 9.17) is 5.73 Å². The molecule has 0 unspecified atom stereocenters. The topological polar surface area (TPSA) is 67.6 Å². The Kier molecular flexibility index (Phi) is 0.862. The van der Waals surface area contributed by atoms with E-state index in [0.29, 0.717) is 0 Å². The highest BCUT2D eigenvalue weighted by Gasteiger charge is 2.68. The van der Waals surface area contributed by atoms with Gasteiger partial charge in [0.05, 0.1) is 0 Å². The van der Waals surface area contributed by atoms with Gasteiger partial charge in [-0.3, -0.25) is 5.10 Å².